The number of nitrogens with one attached hydrogen (secondary N) is 1. The summed E-state index contributed by atoms with van der Waals surface area (Å²) in [5.74, 6) is 0. The number of nitrogens with zero attached hydrogens (tertiary/aromatic N) is 2. The second-order valence-corrected chi connectivity index (χ2v) is 14.5. The van der Waals surface area contributed by atoms with Gasteiger partial charge in [0.2, 0.25) is 0 Å². The third-order valence-electron chi connectivity index (χ3n) is 7.34. The summed E-state index contributed by atoms with van der Waals surface area (Å²) in [6.45, 7) is 16.1. The Labute approximate surface area is 211 Å². The Morgan fingerprint density at radius 3 is 1.54 bits per heavy atom. The number of benzene rings is 1. The van der Waals surface area contributed by atoms with Crippen LogP contribution >= 0.6 is 7.75 Å². The maximum atomic E-state index is 14.2. The van der Waals surface area contributed by atoms with E-state index in [0.717, 1.165) is 5.56 Å². The van der Waals surface area contributed by atoms with Gasteiger partial charge in [0.25, 0.3) is 0 Å². The number of hydrogen-bond acceptors (Lipinski definition) is 7. The number of hydroxylamine groups is 4. The second-order valence-electron chi connectivity index (χ2n) is 12.8. The van der Waals surface area contributed by atoms with Crippen molar-refractivity contribution in [1.29, 1.82) is 0 Å². The third kappa shape index (κ3) is 6.93. The molecule has 3 N–H and O–H groups in total. The summed E-state index contributed by atoms with van der Waals surface area (Å²) in [5.41, 5.74) is -1.000. The van der Waals surface area contributed by atoms with Crippen LogP contribution in [0.25, 0.3) is 0 Å². The van der Waals surface area contributed by atoms with Crippen LogP contribution < -0.4 is 5.09 Å². The van der Waals surface area contributed by atoms with Crippen LogP contribution in [0.1, 0.15) is 86.6 Å². The molecule has 0 amide bonds. The minimum atomic E-state index is -3.71. The van der Waals surface area contributed by atoms with Crippen molar-refractivity contribution in [3.63, 3.8) is 0 Å². The first kappa shape index (κ1) is 28.7. The highest BCUT2D eigenvalue weighted by Crippen LogP contribution is 2.53. The summed E-state index contributed by atoms with van der Waals surface area (Å²) in [6.07, 6.45) is 2.07. The van der Waals surface area contributed by atoms with Gasteiger partial charge in [0.05, 0.1) is 12.2 Å². The maximum absolute atomic E-state index is 14.2. The van der Waals surface area contributed by atoms with E-state index in [1.165, 1.54) is 10.1 Å². The van der Waals surface area contributed by atoms with Gasteiger partial charge in [0.15, 0.2) is 0 Å². The molecular formula is C26H46N3O5P. The minimum Gasteiger partial charge on any atom is -0.313 e. The molecule has 0 unspecified atom stereocenters. The molecule has 2 aliphatic rings. The average Bonchev–Trinajstić information content (AvgIpc) is 2.70. The average molecular weight is 512 g/mol. The normalized spacial score (nSPS) is 25.5. The summed E-state index contributed by atoms with van der Waals surface area (Å²) in [6, 6.07) is 10.0. The molecule has 2 heterocycles. The molecule has 1 aromatic rings. The fraction of sp³-hybridized carbons (Fsp3) is 0.769. The summed E-state index contributed by atoms with van der Waals surface area (Å²) in [7, 11) is -3.71. The van der Waals surface area contributed by atoms with Gasteiger partial charge in [-0.3, -0.25) is 9.05 Å². The Kier molecular flexibility index (Phi) is 8.33. The van der Waals surface area contributed by atoms with E-state index in [1.54, 1.807) is 0 Å². The van der Waals surface area contributed by atoms with Gasteiger partial charge in [-0.2, -0.15) is 10.1 Å². The SMILES string of the molecule is CC1(C)CC(OP(=O)(NCCc2ccccc2)OC2CC(C)(C)N(O)C(C)(C)C2)CC(C)(C)N1O. The third-order valence-corrected chi connectivity index (χ3v) is 9.10. The highest BCUT2D eigenvalue weighted by atomic mass is 31.2. The molecule has 1 aromatic carbocycles. The molecule has 9 heteroatoms. The van der Waals surface area contributed by atoms with E-state index in [2.05, 4.69) is 5.09 Å². The first-order chi connectivity index (χ1) is 16.0. The lowest BCUT2D eigenvalue weighted by molar-refractivity contribution is -0.258. The topological polar surface area (TPSA) is 94.5 Å². The summed E-state index contributed by atoms with van der Waals surface area (Å²) in [5, 5.41) is 27.3. The van der Waals surface area contributed by atoms with Crippen LogP contribution in [0.3, 0.4) is 0 Å². The van der Waals surface area contributed by atoms with E-state index >= 15 is 0 Å². The molecular weight excluding hydrogens is 465 g/mol. The molecule has 2 aliphatic heterocycles. The number of piperidine rings is 2. The van der Waals surface area contributed by atoms with Crippen LogP contribution in [-0.4, -0.2) is 61.4 Å². The van der Waals surface area contributed by atoms with Crippen LogP contribution in [0.2, 0.25) is 0 Å². The lowest BCUT2D eigenvalue weighted by atomic mass is 9.80. The fourth-order valence-corrected chi connectivity index (χ4v) is 7.65. The van der Waals surface area contributed by atoms with Crippen molar-refractivity contribution < 1.29 is 24.0 Å². The molecule has 0 radical (unpaired) electrons. The van der Waals surface area contributed by atoms with Gasteiger partial charge in [0, 0.05) is 28.7 Å². The van der Waals surface area contributed by atoms with Crippen LogP contribution in [0.5, 0.6) is 0 Å². The maximum Gasteiger partial charge on any atom is 0.406 e. The van der Waals surface area contributed by atoms with E-state index < -0.39 is 29.9 Å². The van der Waals surface area contributed by atoms with Crippen molar-refractivity contribution in [3.8, 4) is 0 Å². The van der Waals surface area contributed by atoms with Crippen molar-refractivity contribution in [3.05, 3.63) is 35.9 Å². The fourth-order valence-electron chi connectivity index (χ4n) is 5.98. The van der Waals surface area contributed by atoms with Gasteiger partial charge < -0.3 is 10.4 Å². The van der Waals surface area contributed by atoms with Gasteiger partial charge in [-0.1, -0.05) is 30.3 Å². The van der Waals surface area contributed by atoms with Crippen LogP contribution in [0, 0.1) is 0 Å². The second kappa shape index (κ2) is 10.1. The zero-order valence-corrected chi connectivity index (χ0v) is 23.6. The molecule has 3 rings (SSSR count). The van der Waals surface area contributed by atoms with E-state index in [0.29, 0.717) is 38.6 Å². The predicted molar refractivity (Wildman–Crippen MR) is 138 cm³/mol. The lowest BCUT2D eigenvalue weighted by Crippen LogP contribution is -2.61. The van der Waals surface area contributed by atoms with Gasteiger partial charge in [-0.25, -0.2) is 9.65 Å². The molecule has 0 aliphatic carbocycles. The molecule has 0 bridgehead atoms. The van der Waals surface area contributed by atoms with E-state index in [9.17, 15) is 15.0 Å². The van der Waals surface area contributed by atoms with Gasteiger partial charge in [-0.05, 0) is 93.1 Å². The lowest BCUT2D eigenvalue weighted by Gasteiger charge is -2.52. The Bertz CT molecular complexity index is 822. The van der Waals surface area contributed by atoms with E-state index in [4.69, 9.17) is 9.05 Å². The predicted octanol–water partition coefficient (Wildman–Crippen LogP) is 5.78. The molecule has 8 nitrogen and oxygen atoms in total. The Hall–Kier alpha value is -0.830. The Morgan fingerprint density at radius 1 is 0.800 bits per heavy atom. The van der Waals surface area contributed by atoms with Gasteiger partial charge in [-0.15, -0.1) is 0 Å². The minimum absolute atomic E-state index is 0.350. The number of hydrogen-bond donors (Lipinski definition) is 3. The molecule has 0 aromatic heterocycles. The van der Waals surface area contributed by atoms with Crippen molar-refractivity contribution in [2.75, 3.05) is 6.54 Å². The van der Waals surface area contributed by atoms with Crippen LogP contribution in [0.15, 0.2) is 30.3 Å². The van der Waals surface area contributed by atoms with Crippen LogP contribution in [0.4, 0.5) is 0 Å². The largest absolute Gasteiger partial charge is 0.406 e. The first-order valence-corrected chi connectivity index (χ1v) is 14.2. The van der Waals surface area contributed by atoms with Crippen molar-refractivity contribution in [1.82, 2.24) is 15.2 Å². The van der Waals surface area contributed by atoms with Gasteiger partial charge in [0.1, 0.15) is 0 Å². The molecule has 0 saturated carbocycles. The van der Waals surface area contributed by atoms with Crippen LogP contribution in [-0.2, 0) is 20.0 Å². The highest BCUT2D eigenvalue weighted by molar-refractivity contribution is 7.51. The van der Waals surface area contributed by atoms with Crippen molar-refractivity contribution in [2.24, 2.45) is 0 Å². The molecule has 0 atom stereocenters. The van der Waals surface area contributed by atoms with E-state index in [1.807, 2.05) is 85.7 Å². The highest BCUT2D eigenvalue weighted by Gasteiger charge is 2.50. The summed E-state index contributed by atoms with van der Waals surface area (Å²) >= 11 is 0. The molecule has 0 spiro atoms. The van der Waals surface area contributed by atoms with Crippen molar-refractivity contribution in [2.45, 2.75) is 122 Å². The molecule has 200 valence electrons. The quantitative estimate of drug-likeness (QED) is 0.378. The number of rotatable bonds is 8. The van der Waals surface area contributed by atoms with E-state index in [-0.39, 0.29) is 12.2 Å². The zero-order valence-electron chi connectivity index (χ0n) is 22.7. The first-order valence-electron chi connectivity index (χ1n) is 12.7. The molecule has 2 fully saturated rings. The Morgan fingerprint density at radius 2 is 1.17 bits per heavy atom. The molecule has 2 saturated heterocycles. The molecule has 35 heavy (non-hydrogen) atoms. The zero-order chi connectivity index (χ0) is 26.3. The smallest absolute Gasteiger partial charge is 0.313 e. The summed E-state index contributed by atoms with van der Waals surface area (Å²) in [4.78, 5) is 0. The summed E-state index contributed by atoms with van der Waals surface area (Å²) < 4.78 is 26.9. The Balaban J connectivity index is 1.79. The van der Waals surface area contributed by atoms with Gasteiger partial charge >= 0.3 is 7.75 Å². The monoisotopic (exact) mass is 511 g/mol. The standard InChI is InChI=1S/C26H46N3O5P/c1-23(2)16-21(17-24(3,4)28(23)30)33-35(32,27-15-14-20-12-10-9-11-13-20)34-22-18-25(5,6)29(31)26(7,8)19-22/h9-13,21-22,30-31H,14-19H2,1-8H3,(H,27,32). The van der Waals surface area contributed by atoms with Crippen molar-refractivity contribution >= 4 is 7.75 Å².